The summed E-state index contributed by atoms with van der Waals surface area (Å²) >= 11 is 0. The Labute approximate surface area is 58.0 Å². The van der Waals surface area contributed by atoms with Crippen LogP contribution in [0, 0.1) is 0 Å². The zero-order chi connectivity index (χ0) is 5.11. The molecular formula is C4H4N2OV. The van der Waals surface area contributed by atoms with E-state index in [1.165, 1.54) is 12.4 Å². The van der Waals surface area contributed by atoms with Gasteiger partial charge in [0.05, 0.1) is 0 Å². The summed E-state index contributed by atoms with van der Waals surface area (Å²) in [5.41, 5.74) is -0.303. The van der Waals surface area contributed by atoms with Gasteiger partial charge in [-0.15, -0.1) is 0 Å². The largest absolute Gasteiger partial charge is 0.344 e. The molecule has 1 aromatic heterocycles. The fourth-order valence-corrected chi connectivity index (χ4v) is 0.310. The van der Waals surface area contributed by atoms with Crippen LogP contribution in [-0.2, 0) is 18.6 Å². The van der Waals surface area contributed by atoms with Crippen LogP contribution in [0.2, 0.25) is 0 Å². The Bertz CT molecular complexity index is 180. The summed E-state index contributed by atoms with van der Waals surface area (Å²) in [5.74, 6) is 0. The first kappa shape index (κ1) is 7.46. The number of hydrogen-bond acceptors (Lipinski definition) is 2. The van der Waals surface area contributed by atoms with Crippen LogP contribution in [-0.4, -0.2) is 9.97 Å². The maximum atomic E-state index is 10.1. The van der Waals surface area contributed by atoms with Gasteiger partial charge in [-0.1, -0.05) is 0 Å². The number of hydrogen-bond donors (Lipinski definition) is 1. The molecule has 0 spiro atoms. The van der Waals surface area contributed by atoms with Crippen molar-refractivity contribution in [2.45, 2.75) is 0 Å². The molecule has 0 aliphatic carbocycles. The van der Waals surface area contributed by atoms with E-state index in [1.54, 1.807) is 6.07 Å². The van der Waals surface area contributed by atoms with Gasteiger partial charge in [0.1, 0.15) is 0 Å². The van der Waals surface area contributed by atoms with Gasteiger partial charge in [-0.3, -0.25) is 0 Å². The maximum Gasteiger partial charge on any atom is 0.344 e. The molecule has 0 aliphatic heterocycles. The third-order valence-corrected chi connectivity index (χ3v) is 0.581. The molecule has 1 N–H and O–H groups in total. The van der Waals surface area contributed by atoms with Crippen molar-refractivity contribution in [2.24, 2.45) is 0 Å². The van der Waals surface area contributed by atoms with Gasteiger partial charge in [0.15, 0.2) is 0 Å². The van der Waals surface area contributed by atoms with E-state index in [9.17, 15) is 4.79 Å². The van der Waals surface area contributed by atoms with Crippen molar-refractivity contribution in [3.63, 3.8) is 0 Å². The second kappa shape index (κ2) is 3.46. The van der Waals surface area contributed by atoms with E-state index in [1.807, 2.05) is 0 Å². The summed E-state index contributed by atoms with van der Waals surface area (Å²) in [6.45, 7) is 0. The molecule has 0 atom stereocenters. The Balaban J connectivity index is 0.000000490. The Morgan fingerprint density at radius 3 is 2.62 bits per heavy atom. The molecule has 0 aromatic carbocycles. The molecule has 0 fully saturated rings. The minimum atomic E-state index is -0.303. The SMILES string of the molecule is O=c1nccc[nH]1.[V]. The summed E-state index contributed by atoms with van der Waals surface area (Å²) < 4.78 is 0. The zero-order valence-corrected chi connectivity index (χ0v) is 5.43. The molecular weight excluding hydrogens is 143 g/mol. The average molecular weight is 147 g/mol. The van der Waals surface area contributed by atoms with Gasteiger partial charge < -0.3 is 4.98 Å². The van der Waals surface area contributed by atoms with Crippen LogP contribution in [0.1, 0.15) is 0 Å². The van der Waals surface area contributed by atoms with E-state index in [-0.39, 0.29) is 24.2 Å². The van der Waals surface area contributed by atoms with Crippen molar-refractivity contribution in [2.75, 3.05) is 0 Å². The van der Waals surface area contributed by atoms with Gasteiger partial charge in [-0.05, 0) is 6.07 Å². The molecule has 1 aromatic rings. The summed E-state index contributed by atoms with van der Waals surface area (Å²) in [4.78, 5) is 15.8. The number of aromatic amines is 1. The number of nitrogens with one attached hydrogen (secondary N) is 1. The van der Waals surface area contributed by atoms with Crippen molar-refractivity contribution in [3.8, 4) is 0 Å². The third kappa shape index (κ3) is 1.95. The summed E-state index contributed by atoms with van der Waals surface area (Å²) in [5, 5.41) is 0. The van der Waals surface area contributed by atoms with Crippen LogP contribution in [0.5, 0.6) is 0 Å². The van der Waals surface area contributed by atoms with E-state index < -0.39 is 0 Å². The molecule has 3 nitrogen and oxygen atoms in total. The van der Waals surface area contributed by atoms with Crippen molar-refractivity contribution >= 4 is 0 Å². The molecule has 0 bridgehead atoms. The predicted octanol–water partition coefficient (Wildman–Crippen LogP) is -0.233. The fraction of sp³-hybridized carbons (Fsp3) is 0. The van der Waals surface area contributed by atoms with Crippen LogP contribution in [0.15, 0.2) is 23.3 Å². The molecule has 4 heteroatoms. The number of rotatable bonds is 0. The molecule has 41 valence electrons. The first-order valence-corrected chi connectivity index (χ1v) is 1.89. The summed E-state index contributed by atoms with van der Waals surface area (Å²) in [6, 6.07) is 1.65. The van der Waals surface area contributed by atoms with Crippen molar-refractivity contribution in [3.05, 3.63) is 28.9 Å². The van der Waals surface area contributed by atoms with Gasteiger partial charge in [-0.2, -0.15) is 0 Å². The number of nitrogens with zero attached hydrogens (tertiary/aromatic N) is 1. The standard InChI is InChI=1S/C4H4N2O.V/c7-4-5-2-1-3-6-4;/h1-3H,(H,5,6,7);. The van der Waals surface area contributed by atoms with Crippen molar-refractivity contribution in [1.29, 1.82) is 0 Å². The van der Waals surface area contributed by atoms with E-state index in [0.29, 0.717) is 0 Å². The Hall–Kier alpha value is -0.536. The Morgan fingerprint density at radius 2 is 2.38 bits per heavy atom. The van der Waals surface area contributed by atoms with Crippen molar-refractivity contribution < 1.29 is 18.6 Å². The molecule has 0 unspecified atom stereocenters. The van der Waals surface area contributed by atoms with E-state index in [0.717, 1.165) is 0 Å². The van der Waals surface area contributed by atoms with E-state index >= 15 is 0 Å². The molecule has 1 rings (SSSR count). The second-order valence-electron chi connectivity index (χ2n) is 1.09. The monoisotopic (exact) mass is 147 g/mol. The third-order valence-electron chi connectivity index (χ3n) is 0.581. The number of aromatic nitrogens is 2. The molecule has 1 heterocycles. The maximum absolute atomic E-state index is 10.1. The normalized spacial score (nSPS) is 7.50. The van der Waals surface area contributed by atoms with Gasteiger partial charge in [-0.25, -0.2) is 9.78 Å². The van der Waals surface area contributed by atoms with Crippen LogP contribution >= 0.6 is 0 Å². The van der Waals surface area contributed by atoms with Crippen LogP contribution in [0.4, 0.5) is 0 Å². The smallest absolute Gasteiger partial charge is 0.313 e. The molecule has 0 saturated heterocycles. The van der Waals surface area contributed by atoms with Gasteiger partial charge in [0.2, 0.25) is 0 Å². The molecule has 0 saturated carbocycles. The van der Waals surface area contributed by atoms with Gasteiger partial charge >= 0.3 is 5.69 Å². The predicted molar refractivity (Wildman–Crippen MR) is 24.9 cm³/mol. The average Bonchev–Trinajstić information content (AvgIpc) is 1.69. The molecule has 0 aliphatic rings. The van der Waals surface area contributed by atoms with Gasteiger partial charge in [0.25, 0.3) is 0 Å². The van der Waals surface area contributed by atoms with Gasteiger partial charge in [0, 0.05) is 30.9 Å². The topological polar surface area (TPSA) is 45.8 Å². The minimum absolute atomic E-state index is 0. The fourth-order valence-electron chi connectivity index (χ4n) is 0.310. The Morgan fingerprint density at radius 1 is 1.62 bits per heavy atom. The van der Waals surface area contributed by atoms with Crippen molar-refractivity contribution in [1.82, 2.24) is 9.97 Å². The summed E-state index contributed by atoms with van der Waals surface area (Å²) in [6.07, 6.45) is 2.98. The summed E-state index contributed by atoms with van der Waals surface area (Å²) in [7, 11) is 0. The number of H-pyrrole nitrogens is 1. The molecule has 1 radical (unpaired) electrons. The molecule has 8 heavy (non-hydrogen) atoms. The quantitative estimate of drug-likeness (QED) is 0.550. The first-order chi connectivity index (χ1) is 3.39. The zero-order valence-electron chi connectivity index (χ0n) is 4.03. The Kier molecular flexibility index (Phi) is 3.23. The minimum Gasteiger partial charge on any atom is -0.313 e. The van der Waals surface area contributed by atoms with E-state index in [2.05, 4.69) is 9.97 Å². The van der Waals surface area contributed by atoms with Crippen LogP contribution in [0.25, 0.3) is 0 Å². The first-order valence-electron chi connectivity index (χ1n) is 1.89. The van der Waals surface area contributed by atoms with Crippen LogP contribution < -0.4 is 5.69 Å². The molecule has 0 amide bonds. The second-order valence-corrected chi connectivity index (χ2v) is 1.09. The van der Waals surface area contributed by atoms with Crippen LogP contribution in [0.3, 0.4) is 0 Å². The van der Waals surface area contributed by atoms with E-state index in [4.69, 9.17) is 0 Å².